The Labute approximate surface area is 389 Å². The molecule has 6 heteroatoms. The summed E-state index contributed by atoms with van der Waals surface area (Å²) in [5.74, 6) is -0.916. The number of carbonyl (C=O) groups is 3. The zero-order valence-corrected chi connectivity index (χ0v) is 41.3. The van der Waals surface area contributed by atoms with Gasteiger partial charge in [0.15, 0.2) is 6.10 Å². The topological polar surface area (TPSA) is 78.9 Å². The fraction of sp³-hybridized carbons (Fsp3) is 0.737. The van der Waals surface area contributed by atoms with Crippen LogP contribution >= 0.6 is 0 Å². The first-order valence-corrected chi connectivity index (χ1v) is 26.5. The molecule has 0 N–H and O–H groups in total. The van der Waals surface area contributed by atoms with Crippen molar-refractivity contribution in [2.24, 2.45) is 0 Å². The van der Waals surface area contributed by atoms with Gasteiger partial charge in [-0.15, -0.1) is 0 Å². The maximum absolute atomic E-state index is 12.8. The Kier molecular flexibility index (Phi) is 48.9. The minimum Gasteiger partial charge on any atom is -0.462 e. The predicted octanol–water partition coefficient (Wildman–Crippen LogP) is 17.4. The van der Waals surface area contributed by atoms with Crippen molar-refractivity contribution < 1.29 is 28.6 Å². The third-order valence-electron chi connectivity index (χ3n) is 11.3. The van der Waals surface area contributed by atoms with Crippen molar-refractivity contribution in [2.75, 3.05) is 13.2 Å². The van der Waals surface area contributed by atoms with Crippen molar-refractivity contribution in [3.8, 4) is 0 Å². The standard InChI is InChI=1S/C57H98O6/c1-4-7-10-13-16-19-22-25-28-30-32-35-38-41-44-47-50-56(59)62-53-54(52-61-55(58)49-46-43-40-37-34-31-27-24-21-18-15-12-9-6-3)63-57(60)51-48-45-42-39-36-33-29-26-23-20-17-14-11-8-5-2/h8-9,11-12,14,17-18,20-21,23,27,31,54H,4-7,10,13,15-16,19,22,24-26,28-30,32-53H2,1-3H3/b11-8-,12-9-,17-14-,21-18-,23-20-,31-27-. The van der Waals surface area contributed by atoms with Crippen molar-refractivity contribution in [3.05, 3.63) is 72.9 Å². The molecular formula is C57H98O6. The van der Waals surface area contributed by atoms with Crippen molar-refractivity contribution in [1.82, 2.24) is 0 Å². The smallest absolute Gasteiger partial charge is 0.306 e. The Morgan fingerprint density at radius 3 is 1.14 bits per heavy atom. The summed E-state index contributed by atoms with van der Waals surface area (Å²) in [6.45, 7) is 6.38. The second-order valence-corrected chi connectivity index (χ2v) is 17.4. The van der Waals surface area contributed by atoms with Crippen LogP contribution in [-0.4, -0.2) is 37.2 Å². The van der Waals surface area contributed by atoms with E-state index in [-0.39, 0.29) is 31.1 Å². The summed E-state index contributed by atoms with van der Waals surface area (Å²) in [6, 6.07) is 0. The lowest BCUT2D eigenvalue weighted by molar-refractivity contribution is -0.167. The van der Waals surface area contributed by atoms with E-state index in [1.807, 2.05) is 0 Å². The van der Waals surface area contributed by atoms with Gasteiger partial charge in [0.25, 0.3) is 0 Å². The van der Waals surface area contributed by atoms with E-state index >= 15 is 0 Å². The number of allylic oxidation sites excluding steroid dienone is 12. The molecule has 6 nitrogen and oxygen atoms in total. The third kappa shape index (κ3) is 49.7. The Bertz CT molecular complexity index is 1190. The number of ether oxygens (including phenoxy) is 3. The molecule has 63 heavy (non-hydrogen) atoms. The van der Waals surface area contributed by atoms with E-state index < -0.39 is 6.10 Å². The first-order valence-electron chi connectivity index (χ1n) is 26.5. The SMILES string of the molecule is CC\C=C/C=C\C=C/CCCCCCCCCC(=O)OC(COC(=O)CCCCCC/C=C\C/C=C\C/C=C\CC)COC(=O)CCCCCCCCCCCCCCCCCC. The molecule has 0 fully saturated rings. The van der Waals surface area contributed by atoms with Crippen molar-refractivity contribution in [1.29, 1.82) is 0 Å². The molecule has 0 radical (unpaired) electrons. The summed E-state index contributed by atoms with van der Waals surface area (Å²) in [6.07, 6.45) is 64.6. The molecule has 0 bridgehead atoms. The molecule has 0 aromatic heterocycles. The van der Waals surface area contributed by atoms with E-state index in [2.05, 4.69) is 93.7 Å². The molecule has 0 rings (SSSR count). The normalized spacial score (nSPS) is 12.6. The molecule has 0 heterocycles. The number of hydrogen-bond donors (Lipinski definition) is 0. The largest absolute Gasteiger partial charge is 0.462 e. The van der Waals surface area contributed by atoms with E-state index in [1.165, 1.54) is 109 Å². The molecule has 0 aromatic carbocycles. The summed E-state index contributed by atoms with van der Waals surface area (Å²) in [7, 11) is 0. The van der Waals surface area contributed by atoms with Gasteiger partial charge >= 0.3 is 17.9 Å². The maximum Gasteiger partial charge on any atom is 0.306 e. The molecule has 0 saturated heterocycles. The molecule has 0 aromatic rings. The molecule has 362 valence electrons. The molecule has 0 spiro atoms. The minimum atomic E-state index is -0.789. The van der Waals surface area contributed by atoms with Gasteiger partial charge in [-0.25, -0.2) is 0 Å². The lowest BCUT2D eigenvalue weighted by Crippen LogP contribution is -2.30. The van der Waals surface area contributed by atoms with E-state index in [0.717, 1.165) is 103 Å². The van der Waals surface area contributed by atoms with Crippen LogP contribution in [-0.2, 0) is 28.6 Å². The second kappa shape index (κ2) is 51.5. The Hall–Kier alpha value is -3.15. The first-order chi connectivity index (χ1) is 31.0. The molecule has 0 amide bonds. The zero-order chi connectivity index (χ0) is 45.8. The summed E-state index contributed by atoms with van der Waals surface area (Å²) in [5, 5.41) is 0. The number of esters is 3. The highest BCUT2D eigenvalue weighted by molar-refractivity contribution is 5.71. The fourth-order valence-electron chi connectivity index (χ4n) is 7.34. The van der Waals surface area contributed by atoms with Crippen molar-refractivity contribution in [2.45, 2.75) is 258 Å². The van der Waals surface area contributed by atoms with Gasteiger partial charge in [-0.3, -0.25) is 14.4 Å². The van der Waals surface area contributed by atoms with Gasteiger partial charge in [0, 0.05) is 19.3 Å². The average molecular weight is 879 g/mol. The van der Waals surface area contributed by atoms with E-state index in [9.17, 15) is 14.4 Å². The number of carbonyl (C=O) groups excluding carboxylic acids is 3. The molecule has 1 atom stereocenters. The minimum absolute atomic E-state index is 0.0860. The van der Waals surface area contributed by atoms with E-state index in [1.54, 1.807) is 0 Å². The van der Waals surface area contributed by atoms with Crippen LogP contribution in [0.15, 0.2) is 72.9 Å². The average Bonchev–Trinajstić information content (AvgIpc) is 3.28. The van der Waals surface area contributed by atoms with Gasteiger partial charge in [-0.2, -0.15) is 0 Å². The van der Waals surface area contributed by atoms with Crippen LogP contribution in [0.3, 0.4) is 0 Å². The van der Waals surface area contributed by atoms with Gasteiger partial charge in [-0.1, -0.05) is 235 Å². The molecule has 0 saturated carbocycles. The van der Waals surface area contributed by atoms with Gasteiger partial charge in [0.1, 0.15) is 13.2 Å². The van der Waals surface area contributed by atoms with Crippen LogP contribution < -0.4 is 0 Å². The molecule has 1 unspecified atom stereocenters. The van der Waals surface area contributed by atoms with Crippen molar-refractivity contribution in [3.63, 3.8) is 0 Å². The lowest BCUT2D eigenvalue weighted by atomic mass is 10.0. The molecular weight excluding hydrogens is 781 g/mol. The van der Waals surface area contributed by atoms with Crippen LogP contribution in [0.2, 0.25) is 0 Å². The number of rotatable bonds is 47. The van der Waals surface area contributed by atoms with Crippen LogP contribution in [0, 0.1) is 0 Å². The Morgan fingerprint density at radius 2 is 0.698 bits per heavy atom. The summed E-state index contributed by atoms with van der Waals surface area (Å²) in [4.78, 5) is 38.0. The van der Waals surface area contributed by atoms with Crippen LogP contribution in [0.5, 0.6) is 0 Å². The highest BCUT2D eigenvalue weighted by Gasteiger charge is 2.19. The van der Waals surface area contributed by atoms with Crippen molar-refractivity contribution >= 4 is 17.9 Å². The summed E-state index contributed by atoms with van der Waals surface area (Å²) in [5.41, 5.74) is 0. The monoisotopic (exact) mass is 879 g/mol. The van der Waals surface area contributed by atoms with Gasteiger partial charge in [0.2, 0.25) is 0 Å². The van der Waals surface area contributed by atoms with Crippen LogP contribution in [0.1, 0.15) is 252 Å². The Morgan fingerprint density at radius 1 is 0.349 bits per heavy atom. The summed E-state index contributed by atoms with van der Waals surface area (Å²) >= 11 is 0. The van der Waals surface area contributed by atoms with Crippen LogP contribution in [0.25, 0.3) is 0 Å². The summed E-state index contributed by atoms with van der Waals surface area (Å²) < 4.78 is 16.8. The number of hydrogen-bond acceptors (Lipinski definition) is 6. The quantitative estimate of drug-likeness (QED) is 0.0199. The number of unbranched alkanes of at least 4 members (excludes halogenated alkanes) is 26. The predicted molar refractivity (Wildman–Crippen MR) is 270 cm³/mol. The van der Waals surface area contributed by atoms with Crippen LogP contribution in [0.4, 0.5) is 0 Å². The highest BCUT2D eigenvalue weighted by atomic mass is 16.6. The third-order valence-corrected chi connectivity index (χ3v) is 11.3. The Balaban J connectivity index is 4.41. The second-order valence-electron chi connectivity index (χ2n) is 17.4. The highest BCUT2D eigenvalue weighted by Crippen LogP contribution is 2.16. The zero-order valence-electron chi connectivity index (χ0n) is 41.3. The lowest BCUT2D eigenvalue weighted by Gasteiger charge is -2.18. The molecule has 0 aliphatic carbocycles. The van der Waals surface area contributed by atoms with Gasteiger partial charge < -0.3 is 14.2 Å². The van der Waals surface area contributed by atoms with E-state index in [4.69, 9.17) is 14.2 Å². The fourth-order valence-corrected chi connectivity index (χ4v) is 7.34. The van der Waals surface area contributed by atoms with E-state index in [0.29, 0.717) is 19.3 Å². The first kappa shape index (κ1) is 59.9. The molecule has 0 aliphatic rings. The maximum atomic E-state index is 12.8. The van der Waals surface area contributed by atoms with Gasteiger partial charge in [-0.05, 0) is 70.6 Å². The molecule has 0 aliphatic heterocycles. The van der Waals surface area contributed by atoms with Gasteiger partial charge in [0.05, 0.1) is 0 Å².